The van der Waals surface area contributed by atoms with Gasteiger partial charge in [-0.05, 0) is 42.5 Å². The normalized spacial score (nSPS) is 11.8. The van der Waals surface area contributed by atoms with Crippen LogP contribution in [-0.4, -0.2) is 8.42 Å². The number of nitrogens with zero attached hydrogens (tertiary/aromatic N) is 1. The SMILES string of the molecule is N#CC(=CNc1cc(Cl)cc(Cl)c1)S(=O)(=O)c1ccc(Cl)cc1. The second-order valence-corrected chi connectivity index (χ2v) is 7.61. The summed E-state index contributed by atoms with van der Waals surface area (Å²) >= 11 is 17.5. The minimum Gasteiger partial charge on any atom is -0.360 e. The molecule has 0 saturated heterocycles. The third-order valence-corrected chi connectivity index (χ3v) is 5.13. The number of allylic oxidation sites excluding steroid dienone is 1. The Morgan fingerprint density at radius 2 is 1.57 bits per heavy atom. The molecule has 0 unspecified atom stereocenters. The van der Waals surface area contributed by atoms with Crippen molar-refractivity contribution in [2.24, 2.45) is 0 Å². The Bertz CT molecular complexity index is 881. The molecule has 23 heavy (non-hydrogen) atoms. The zero-order valence-electron chi connectivity index (χ0n) is 11.4. The summed E-state index contributed by atoms with van der Waals surface area (Å²) in [6, 6.07) is 11.8. The van der Waals surface area contributed by atoms with E-state index < -0.39 is 14.7 Å². The molecule has 2 aromatic rings. The lowest BCUT2D eigenvalue weighted by Crippen LogP contribution is -2.05. The molecule has 0 atom stereocenters. The van der Waals surface area contributed by atoms with Gasteiger partial charge in [0.25, 0.3) is 0 Å². The maximum Gasteiger partial charge on any atom is 0.218 e. The van der Waals surface area contributed by atoms with E-state index in [1.807, 2.05) is 0 Å². The van der Waals surface area contributed by atoms with E-state index in [9.17, 15) is 8.42 Å². The van der Waals surface area contributed by atoms with Crippen molar-refractivity contribution in [2.75, 3.05) is 5.32 Å². The molecule has 8 heteroatoms. The fraction of sp³-hybridized carbons (Fsp3) is 0. The van der Waals surface area contributed by atoms with Crippen LogP contribution in [-0.2, 0) is 9.84 Å². The van der Waals surface area contributed by atoms with Crippen molar-refractivity contribution in [3.05, 3.63) is 68.6 Å². The van der Waals surface area contributed by atoms with Crippen LogP contribution < -0.4 is 5.32 Å². The second kappa shape index (κ2) is 7.24. The maximum absolute atomic E-state index is 12.4. The molecule has 0 aliphatic heterocycles. The van der Waals surface area contributed by atoms with Crippen LogP contribution in [0, 0.1) is 11.3 Å². The number of benzene rings is 2. The van der Waals surface area contributed by atoms with Gasteiger partial charge in [-0.15, -0.1) is 0 Å². The number of nitriles is 1. The molecule has 0 bridgehead atoms. The monoisotopic (exact) mass is 386 g/mol. The summed E-state index contributed by atoms with van der Waals surface area (Å²) in [6.45, 7) is 0. The predicted molar refractivity (Wildman–Crippen MR) is 92.4 cm³/mol. The van der Waals surface area contributed by atoms with E-state index >= 15 is 0 Å². The van der Waals surface area contributed by atoms with Gasteiger partial charge in [0.15, 0.2) is 4.91 Å². The quantitative estimate of drug-likeness (QED) is 0.758. The fourth-order valence-electron chi connectivity index (χ4n) is 1.70. The van der Waals surface area contributed by atoms with E-state index in [0.29, 0.717) is 20.8 Å². The van der Waals surface area contributed by atoms with Gasteiger partial charge >= 0.3 is 0 Å². The smallest absolute Gasteiger partial charge is 0.218 e. The zero-order chi connectivity index (χ0) is 17.0. The van der Waals surface area contributed by atoms with Crippen LogP contribution in [0.15, 0.2) is 58.5 Å². The van der Waals surface area contributed by atoms with Crippen molar-refractivity contribution in [1.82, 2.24) is 0 Å². The average Bonchev–Trinajstić information content (AvgIpc) is 2.47. The van der Waals surface area contributed by atoms with Crippen molar-refractivity contribution in [2.45, 2.75) is 4.90 Å². The molecule has 2 rings (SSSR count). The van der Waals surface area contributed by atoms with Crippen LogP contribution in [0.25, 0.3) is 0 Å². The minimum atomic E-state index is -3.95. The first kappa shape index (κ1) is 17.6. The van der Waals surface area contributed by atoms with Crippen molar-refractivity contribution in [3.63, 3.8) is 0 Å². The summed E-state index contributed by atoms with van der Waals surface area (Å²) in [7, 11) is -3.95. The van der Waals surface area contributed by atoms with E-state index in [4.69, 9.17) is 40.1 Å². The molecule has 0 radical (unpaired) electrons. The Labute approximate surface area is 148 Å². The lowest BCUT2D eigenvalue weighted by Gasteiger charge is -2.06. The molecular formula is C15H9Cl3N2O2S. The summed E-state index contributed by atoms with van der Waals surface area (Å²) < 4.78 is 24.8. The third-order valence-electron chi connectivity index (χ3n) is 2.76. The van der Waals surface area contributed by atoms with Crippen LogP contribution in [0.3, 0.4) is 0 Å². The summed E-state index contributed by atoms with van der Waals surface area (Å²) in [5.41, 5.74) is 0.460. The van der Waals surface area contributed by atoms with Crippen molar-refractivity contribution >= 4 is 50.3 Å². The highest BCUT2D eigenvalue weighted by molar-refractivity contribution is 7.95. The number of rotatable bonds is 4. The molecule has 118 valence electrons. The Morgan fingerprint density at radius 3 is 2.09 bits per heavy atom. The molecule has 0 aliphatic rings. The molecule has 0 heterocycles. The zero-order valence-corrected chi connectivity index (χ0v) is 14.5. The second-order valence-electron chi connectivity index (χ2n) is 4.38. The highest BCUT2D eigenvalue weighted by Crippen LogP contribution is 2.24. The molecular weight excluding hydrogens is 379 g/mol. The van der Waals surface area contributed by atoms with Gasteiger partial charge in [0.1, 0.15) is 6.07 Å². The summed E-state index contributed by atoms with van der Waals surface area (Å²) in [5.74, 6) is 0. The van der Waals surface area contributed by atoms with Gasteiger partial charge in [0.2, 0.25) is 9.84 Å². The van der Waals surface area contributed by atoms with E-state index in [0.717, 1.165) is 6.20 Å². The van der Waals surface area contributed by atoms with Gasteiger partial charge in [-0.25, -0.2) is 8.42 Å². The molecule has 0 saturated carbocycles. The Morgan fingerprint density at radius 1 is 1.00 bits per heavy atom. The molecule has 0 aromatic heterocycles. The number of halogens is 3. The molecule has 0 amide bonds. The lowest BCUT2D eigenvalue weighted by molar-refractivity contribution is 0.603. The Kier molecular flexibility index (Phi) is 5.55. The molecule has 4 nitrogen and oxygen atoms in total. The molecule has 2 aromatic carbocycles. The van der Waals surface area contributed by atoms with Gasteiger partial charge in [0.05, 0.1) is 4.90 Å². The summed E-state index contributed by atoms with van der Waals surface area (Å²) in [4.78, 5) is -0.475. The summed E-state index contributed by atoms with van der Waals surface area (Å²) in [5, 5.41) is 13.0. The Balaban J connectivity index is 2.35. The first-order valence-corrected chi connectivity index (χ1v) is 8.78. The van der Waals surface area contributed by atoms with Gasteiger partial charge in [0, 0.05) is 27.0 Å². The van der Waals surface area contributed by atoms with Gasteiger partial charge in [-0.2, -0.15) is 5.26 Å². The topological polar surface area (TPSA) is 70.0 Å². The van der Waals surface area contributed by atoms with Crippen LogP contribution in [0.2, 0.25) is 15.1 Å². The van der Waals surface area contributed by atoms with Crippen molar-refractivity contribution in [3.8, 4) is 6.07 Å². The first-order valence-electron chi connectivity index (χ1n) is 6.16. The molecule has 0 spiro atoms. The third kappa shape index (κ3) is 4.40. The number of anilines is 1. The van der Waals surface area contributed by atoms with Gasteiger partial charge in [-0.1, -0.05) is 34.8 Å². The van der Waals surface area contributed by atoms with Gasteiger partial charge in [-0.3, -0.25) is 0 Å². The van der Waals surface area contributed by atoms with Crippen molar-refractivity contribution < 1.29 is 8.42 Å². The van der Waals surface area contributed by atoms with E-state index in [2.05, 4.69) is 5.32 Å². The Hall–Kier alpha value is -1.71. The number of sulfone groups is 1. The highest BCUT2D eigenvalue weighted by atomic mass is 35.5. The molecule has 0 aliphatic carbocycles. The van der Waals surface area contributed by atoms with Crippen LogP contribution >= 0.6 is 34.8 Å². The molecule has 0 fully saturated rings. The molecule has 1 N–H and O–H groups in total. The first-order chi connectivity index (χ1) is 10.8. The van der Waals surface area contributed by atoms with Crippen LogP contribution in [0.1, 0.15) is 0 Å². The maximum atomic E-state index is 12.4. The van der Waals surface area contributed by atoms with Crippen LogP contribution in [0.4, 0.5) is 5.69 Å². The van der Waals surface area contributed by atoms with E-state index in [1.165, 1.54) is 30.3 Å². The van der Waals surface area contributed by atoms with Gasteiger partial charge < -0.3 is 5.32 Å². The van der Waals surface area contributed by atoms with E-state index in [-0.39, 0.29) is 4.90 Å². The minimum absolute atomic E-state index is 0.0272. The standard InChI is InChI=1S/C15H9Cl3N2O2S/c16-10-1-3-14(4-2-10)23(21,22)15(8-19)9-20-13-6-11(17)5-12(18)7-13/h1-7,9,20H. The largest absolute Gasteiger partial charge is 0.360 e. The number of nitrogens with one attached hydrogen (secondary N) is 1. The highest BCUT2D eigenvalue weighted by Gasteiger charge is 2.20. The predicted octanol–water partition coefficient (Wildman–Crippen LogP) is 4.90. The van der Waals surface area contributed by atoms with E-state index in [1.54, 1.807) is 18.2 Å². The fourth-order valence-corrected chi connectivity index (χ4v) is 3.43. The van der Waals surface area contributed by atoms with Crippen molar-refractivity contribution in [1.29, 1.82) is 5.26 Å². The van der Waals surface area contributed by atoms with Crippen LogP contribution in [0.5, 0.6) is 0 Å². The number of hydrogen-bond donors (Lipinski definition) is 1. The average molecular weight is 388 g/mol. The lowest BCUT2D eigenvalue weighted by atomic mass is 10.3. The summed E-state index contributed by atoms with van der Waals surface area (Å²) in [6.07, 6.45) is 1.09. The number of hydrogen-bond acceptors (Lipinski definition) is 4.